The average molecular weight is 263 g/mol. The van der Waals surface area contributed by atoms with Crippen LogP contribution in [-0.4, -0.2) is 5.78 Å². The van der Waals surface area contributed by atoms with Gasteiger partial charge in [0.05, 0.1) is 0 Å². The summed E-state index contributed by atoms with van der Waals surface area (Å²) in [6.07, 6.45) is 6.06. The Morgan fingerprint density at radius 3 is 2.42 bits per heavy atom. The number of alkyl halides is 1. The zero-order chi connectivity index (χ0) is 13.9. The van der Waals surface area contributed by atoms with Crippen LogP contribution in [0.5, 0.6) is 0 Å². The Morgan fingerprint density at radius 1 is 1.26 bits per heavy atom. The van der Waals surface area contributed by atoms with Gasteiger partial charge in [0.25, 0.3) is 0 Å². The molecule has 0 aromatic heterocycles. The molecule has 1 aromatic rings. The highest BCUT2D eigenvalue weighted by molar-refractivity contribution is 5.88. The lowest BCUT2D eigenvalue weighted by Gasteiger charge is -2.25. The number of nitrogen functional groups attached to an aromatic ring is 1. The zero-order valence-electron chi connectivity index (χ0n) is 11.5. The van der Waals surface area contributed by atoms with Crippen molar-refractivity contribution in [3.05, 3.63) is 29.8 Å². The number of Topliss-reactive ketones (excluding diaryl/α,β-unsaturated/α-hetero) is 1. The maximum atomic E-state index is 14.7. The van der Waals surface area contributed by atoms with Gasteiger partial charge in [-0.25, -0.2) is 4.39 Å². The lowest BCUT2D eigenvalue weighted by molar-refractivity contribution is -0.131. The number of hydrogen-bond acceptors (Lipinski definition) is 2. The second kappa shape index (κ2) is 5.72. The minimum Gasteiger partial charge on any atom is -0.399 e. The van der Waals surface area contributed by atoms with Gasteiger partial charge in [-0.15, -0.1) is 0 Å². The molecular weight excluding hydrogens is 241 g/mol. The van der Waals surface area contributed by atoms with E-state index in [1.54, 1.807) is 24.3 Å². The molecule has 2 N–H and O–H groups in total. The van der Waals surface area contributed by atoms with Crippen LogP contribution >= 0.6 is 0 Å². The lowest BCUT2D eigenvalue weighted by Crippen LogP contribution is -2.29. The number of benzene rings is 1. The van der Waals surface area contributed by atoms with Crippen molar-refractivity contribution in [2.24, 2.45) is 5.92 Å². The Kier molecular flexibility index (Phi) is 4.23. The standard InChI is InChI=1S/C16H22FNO/c1-16(17,13-7-9-14(18)10-8-13)15(19)11-12-5-3-2-4-6-12/h7-10,12H,2-6,11,18H2,1H3/t16-/m1/s1. The van der Waals surface area contributed by atoms with Crippen LogP contribution in [0.1, 0.15) is 51.0 Å². The molecule has 0 amide bonds. The average Bonchev–Trinajstić information content (AvgIpc) is 2.40. The van der Waals surface area contributed by atoms with Gasteiger partial charge in [0.15, 0.2) is 11.5 Å². The third-order valence-corrected chi connectivity index (χ3v) is 4.18. The molecule has 2 nitrogen and oxygen atoms in total. The van der Waals surface area contributed by atoms with Gasteiger partial charge >= 0.3 is 0 Å². The molecule has 0 unspecified atom stereocenters. The molecule has 0 aliphatic heterocycles. The first-order valence-electron chi connectivity index (χ1n) is 7.08. The molecule has 2 rings (SSSR count). The van der Waals surface area contributed by atoms with Crippen LogP contribution in [0.25, 0.3) is 0 Å². The Labute approximate surface area is 114 Å². The van der Waals surface area contributed by atoms with Gasteiger partial charge in [-0.3, -0.25) is 4.79 Å². The first-order chi connectivity index (χ1) is 9.00. The maximum absolute atomic E-state index is 14.7. The topological polar surface area (TPSA) is 43.1 Å². The van der Waals surface area contributed by atoms with E-state index in [-0.39, 0.29) is 5.78 Å². The predicted octanol–water partition coefficient (Wildman–Crippen LogP) is 3.99. The molecule has 3 heteroatoms. The van der Waals surface area contributed by atoms with Crippen LogP contribution in [0.4, 0.5) is 10.1 Å². The fourth-order valence-electron chi connectivity index (χ4n) is 2.80. The molecule has 1 aliphatic carbocycles. The first-order valence-corrected chi connectivity index (χ1v) is 7.08. The summed E-state index contributed by atoms with van der Waals surface area (Å²) in [5, 5.41) is 0. The van der Waals surface area contributed by atoms with Gasteiger partial charge in [0, 0.05) is 12.1 Å². The molecule has 0 saturated heterocycles. The fraction of sp³-hybridized carbons (Fsp3) is 0.562. The smallest absolute Gasteiger partial charge is 0.190 e. The molecule has 1 atom stereocenters. The number of nitrogens with two attached hydrogens (primary N) is 1. The molecular formula is C16H22FNO. The molecule has 0 bridgehead atoms. The summed E-state index contributed by atoms with van der Waals surface area (Å²) in [6.45, 7) is 1.36. The summed E-state index contributed by atoms with van der Waals surface area (Å²) in [7, 11) is 0. The Balaban J connectivity index is 2.05. The largest absolute Gasteiger partial charge is 0.399 e. The van der Waals surface area contributed by atoms with E-state index in [1.165, 1.54) is 26.2 Å². The molecule has 104 valence electrons. The van der Waals surface area contributed by atoms with Gasteiger partial charge in [0.1, 0.15) is 0 Å². The number of carbonyl (C=O) groups is 1. The number of anilines is 1. The normalized spacial score (nSPS) is 19.9. The van der Waals surface area contributed by atoms with Crippen LogP contribution < -0.4 is 5.73 Å². The molecule has 0 spiro atoms. The monoisotopic (exact) mass is 263 g/mol. The van der Waals surface area contributed by atoms with E-state index in [9.17, 15) is 9.18 Å². The van der Waals surface area contributed by atoms with Crippen molar-refractivity contribution in [2.75, 3.05) is 5.73 Å². The Hall–Kier alpha value is -1.38. The molecule has 19 heavy (non-hydrogen) atoms. The second-order valence-corrected chi connectivity index (χ2v) is 5.76. The molecule has 1 fully saturated rings. The fourth-order valence-corrected chi connectivity index (χ4v) is 2.80. The van der Waals surface area contributed by atoms with E-state index >= 15 is 0 Å². The van der Waals surface area contributed by atoms with Gasteiger partial charge < -0.3 is 5.73 Å². The van der Waals surface area contributed by atoms with E-state index in [1.807, 2.05) is 0 Å². The van der Waals surface area contributed by atoms with Crippen molar-refractivity contribution in [2.45, 2.75) is 51.1 Å². The van der Waals surface area contributed by atoms with Gasteiger partial charge in [-0.2, -0.15) is 0 Å². The summed E-state index contributed by atoms with van der Waals surface area (Å²) in [6, 6.07) is 6.49. The van der Waals surface area contributed by atoms with Gasteiger partial charge in [-0.05, 0) is 30.5 Å². The highest BCUT2D eigenvalue weighted by Gasteiger charge is 2.36. The van der Waals surface area contributed by atoms with Gasteiger partial charge in [0.2, 0.25) is 0 Å². The van der Waals surface area contributed by atoms with Crippen molar-refractivity contribution in [3.8, 4) is 0 Å². The SMILES string of the molecule is C[C@](F)(C(=O)CC1CCCCC1)c1ccc(N)cc1. The van der Waals surface area contributed by atoms with Crippen LogP contribution in [0.15, 0.2) is 24.3 Å². The van der Waals surface area contributed by atoms with Crippen LogP contribution in [-0.2, 0) is 10.5 Å². The molecule has 0 radical (unpaired) electrons. The summed E-state index contributed by atoms with van der Waals surface area (Å²) in [5.41, 5.74) is 4.68. The maximum Gasteiger partial charge on any atom is 0.190 e. The lowest BCUT2D eigenvalue weighted by atomic mass is 9.81. The number of hydrogen-bond donors (Lipinski definition) is 1. The molecule has 1 aromatic carbocycles. The third kappa shape index (κ3) is 3.34. The molecule has 0 heterocycles. The van der Waals surface area contributed by atoms with E-state index in [0.717, 1.165) is 12.8 Å². The third-order valence-electron chi connectivity index (χ3n) is 4.18. The highest BCUT2D eigenvalue weighted by atomic mass is 19.1. The molecule has 1 saturated carbocycles. The van der Waals surface area contributed by atoms with Crippen molar-refractivity contribution in [1.29, 1.82) is 0 Å². The van der Waals surface area contributed by atoms with E-state index in [4.69, 9.17) is 5.73 Å². The quantitative estimate of drug-likeness (QED) is 0.834. The minimum atomic E-state index is -1.90. The Morgan fingerprint density at radius 2 is 1.84 bits per heavy atom. The highest BCUT2D eigenvalue weighted by Crippen LogP contribution is 2.33. The van der Waals surface area contributed by atoms with E-state index < -0.39 is 5.67 Å². The van der Waals surface area contributed by atoms with Crippen molar-refractivity contribution in [1.82, 2.24) is 0 Å². The van der Waals surface area contributed by atoms with Gasteiger partial charge in [-0.1, -0.05) is 44.2 Å². The summed E-state index contributed by atoms with van der Waals surface area (Å²) in [5.74, 6) is 0.0641. The van der Waals surface area contributed by atoms with Crippen LogP contribution in [0, 0.1) is 5.92 Å². The van der Waals surface area contributed by atoms with Crippen molar-refractivity contribution in [3.63, 3.8) is 0 Å². The van der Waals surface area contributed by atoms with Crippen LogP contribution in [0.2, 0.25) is 0 Å². The van der Waals surface area contributed by atoms with E-state index in [0.29, 0.717) is 23.6 Å². The van der Waals surface area contributed by atoms with Crippen molar-refractivity contribution < 1.29 is 9.18 Å². The zero-order valence-corrected chi connectivity index (χ0v) is 11.5. The van der Waals surface area contributed by atoms with Crippen molar-refractivity contribution >= 4 is 11.5 Å². The predicted molar refractivity (Wildman–Crippen MR) is 75.5 cm³/mol. The minimum absolute atomic E-state index is 0.302. The van der Waals surface area contributed by atoms with Crippen LogP contribution in [0.3, 0.4) is 0 Å². The Bertz CT molecular complexity index is 433. The number of halogens is 1. The summed E-state index contributed by atoms with van der Waals surface area (Å²) >= 11 is 0. The summed E-state index contributed by atoms with van der Waals surface area (Å²) in [4.78, 5) is 12.2. The second-order valence-electron chi connectivity index (χ2n) is 5.76. The number of ketones is 1. The number of rotatable bonds is 4. The summed E-state index contributed by atoms with van der Waals surface area (Å²) < 4.78 is 14.7. The van der Waals surface area contributed by atoms with E-state index in [2.05, 4.69) is 0 Å². The molecule has 1 aliphatic rings. The number of carbonyl (C=O) groups excluding carboxylic acids is 1. The first kappa shape index (κ1) is 14.0.